The fraction of sp³-hybridized carbons (Fsp3) is 0.538. The lowest BCUT2D eigenvalue weighted by molar-refractivity contribution is 0.510. The SMILES string of the molecule is C\C=C/C=C(\C(C)=C/C)C(C)(C)C. The minimum absolute atomic E-state index is 0.232. The Morgan fingerprint density at radius 2 is 1.62 bits per heavy atom. The molecule has 0 rings (SSSR count). The molecular weight excluding hydrogens is 156 g/mol. The first-order chi connectivity index (χ1) is 5.93. The number of allylic oxidation sites excluding steroid dienone is 6. The molecule has 0 spiro atoms. The van der Waals surface area contributed by atoms with E-state index in [1.807, 2.05) is 6.92 Å². The third kappa shape index (κ3) is 4.12. The molecule has 0 atom stereocenters. The van der Waals surface area contributed by atoms with Crippen LogP contribution in [0, 0.1) is 5.41 Å². The lowest BCUT2D eigenvalue weighted by atomic mass is 9.82. The molecule has 0 bridgehead atoms. The molecule has 0 aromatic carbocycles. The molecule has 0 saturated carbocycles. The van der Waals surface area contributed by atoms with Crippen LogP contribution in [0.2, 0.25) is 0 Å². The van der Waals surface area contributed by atoms with Gasteiger partial charge in [-0.25, -0.2) is 0 Å². The summed E-state index contributed by atoms with van der Waals surface area (Å²) >= 11 is 0. The lowest BCUT2D eigenvalue weighted by Gasteiger charge is -2.23. The van der Waals surface area contributed by atoms with E-state index in [2.05, 4.69) is 58.9 Å². The largest absolute Gasteiger partial charge is 0.0877 e. The van der Waals surface area contributed by atoms with E-state index in [1.54, 1.807) is 0 Å². The van der Waals surface area contributed by atoms with Crippen molar-refractivity contribution in [2.75, 3.05) is 0 Å². The van der Waals surface area contributed by atoms with Crippen LogP contribution >= 0.6 is 0 Å². The second kappa shape index (κ2) is 5.06. The molecule has 0 heteroatoms. The van der Waals surface area contributed by atoms with E-state index in [1.165, 1.54) is 11.1 Å². The fourth-order valence-corrected chi connectivity index (χ4v) is 1.32. The molecule has 0 saturated heterocycles. The third-order valence-electron chi connectivity index (χ3n) is 2.12. The van der Waals surface area contributed by atoms with Crippen LogP contribution in [-0.4, -0.2) is 0 Å². The van der Waals surface area contributed by atoms with Gasteiger partial charge >= 0.3 is 0 Å². The highest BCUT2D eigenvalue weighted by molar-refractivity contribution is 5.35. The van der Waals surface area contributed by atoms with E-state index in [0.29, 0.717) is 0 Å². The second-order valence-electron chi connectivity index (χ2n) is 4.33. The van der Waals surface area contributed by atoms with E-state index in [0.717, 1.165) is 0 Å². The summed E-state index contributed by atoms with van der Waals surface area (Å²) in [6.45, 7) is 13.0. The van der Waals surface area contributed by atoms with Crippen molar-refractivity contribution in [3.05, 3.63) is 35.5 Å². The van der Waals surface area contributed by atoms with E-state index >= 15 is 0 Å². The predicted molar refractivity (Wildman–Crippen MR) is 61.8 cm³/mol. The first-order valence-corrected chi connectivity index (χ1v) is 4.90. The zero-order chi connectivity index (χ0) is 10.5. The van der Waals surface area contributed by atoms with Crippen molar-refractivity contribution in [3.63, 3.8) is 0 Å². The van der Waals surface area contributed by atoms with Gasteiger partial charge in [-0.15, -0.1) is 0 Å². The molecule has 0 aliphatic heterocycles. The van der Waals surface area contributed by atoms with E-state index in [9.17, 15) is 0 Å². The maximum absolute atomic E-state index is 2.25. The molecule has 0 aromatic rings. The first-order valence-electron chi connectivity index (χ1n) is 4.90. The number of rotatable bonds is 2. The summed E-state index contributed by atoms with van der Waals surface area (Å²) in [6, 6.07) is 0. The van der Waals surface area contributed by atoms with Crippen molar-refractivity contribution < 1.29 is 0 Å². The molecule has 0 heterocycles. The maximum Gasteiger partial charge on any atom is -0.0129 e. The molecule has 0 unspecified atom stereocenters. The summed E-state index contributed by atoms with van der Waals surface area (Å²) in [6.07, 6.45) is 8.54. The van der Waals surface area contributed by atoms with Crippen molar-refractivity contribution >= 4 is 0 Å². The highest BCUT2D eigenvalue weighted by atomic mass is 14.2. The van der Waals surface area contributed by atoms with Gasteiger partial charge < -0.3 is 0 Å². The monoisotopic (exact) mass is 178 g/mol. The van der Waals surface area contributed by atoms with Gasteiger partial charge in [0.25, 0.3) is 0 Å². The van der Waals surface area contributed by atoms with Crippen molar-refractivity contribution in [1.29, 1.82) is 0 Å². The second-order valence-corrected chi connectivity index (χ2v) is 4.33. The standard InChI is InChI=1S/C13H22/c1-7-9-10-12(11(3)8-2)13(4,5)6/h7-10H,1-6H3/b9-7-,11-8-,12-10+. The maximum atomic E-state index is 2.25. The Hall–Kier alpha value is -0.780. The van der Waals surface area contributed by atoms with Crippen molar-refractivity contribution in [2.24, 2.45) is 5.41 Å². The van der Waals surface area contributed by atoms with Gasteiger partial charge in [0.15, 0.2) is 0 Å². The van der Waals surface area contributed by atoms with Gasteiger partial charge in [0.2, 0.25) is 0 Å². The Balaban J connectivity index is 4.99. The third-order valence-corrected chi connectivity index (χ3v) is 2.12. The van der Waals surface area contributed by atoms with Gasteiger partial charge in [-0.1, -0.05) is 50.6 Å². The summed E-state index contributed by atoms with van der Waals surface area (Å²) in [5.74, 6) is 0. The molecule has 0 aromatic heterocycles. The Bertz CT molecular complexity index is 231. The quantitative estimate of drug-likeness (QED) is 0.546. The zero-order valence-corrected chi connectivity index (χ0v) is 9.81. The fourth-order valence-electron chi connectivity index (χ4n) is 1.32. The molecule has 74 valence electrons. The van der Waals surface area contributed by atoms with Crippen LogP contribution in [0.5, 0.6) is 0 Å². The van der Waals surface area contributed by atoms with Crippen LogP contribution in [0.15, 0.2) is 35.5 Å². The predicted octanol–water partition coefficient (Wildman–Crippen LogP) is 4.50. The van der Waals surface area contributed by atoms with Crippen LogP contribution in [-0.2, 0) is 0 Å². The molecule has 0 aliphatic rings. The van der Waals surface area contributed by atoms with E-state index in [-0.39, 0.29) is 5.41 Å². The van der Waals surface area contributed by atoms with Gasteiger partial charge in [-0.3, -0.25) is 0 Å². The molecule has 13 heavy (non-hydrogen) atoms. The average Bonchev–Trinajstić information content (AvgIpc) is 2.02. The molecule has 0 N–H and O–H groups in total. The van der Waals surface area contributed by atoms with E-state index < -0.39 is 0 Å². The Kier molecular flexibility index (Phi) is 4.76. The zero-order valence-electron chi connectivity index (χ0n) is 9.81. The van der Waals surface area contributed by atoms with Crippen molar-refractivity contribution in [2.45, 2.75) is 41.5 Å². The highest BCUT2D eigenvalue weighted by Crippen LogP contribution is 2.30. The summed E-state index contributed by atoms with van der Waals surface area (Å²) in [5, 5.41) is 0. The summed E-state index contributed by atoms with van der Waals surface area (Å²) < 4.78 is 0. The Labute approximate surface area is 83.0 Å². The molecule has 0 amide bonds. The Morgan fingerprint density at radius 1 is 1.08 bits per heavy atom. The number of hydrogen-bond acceptors (Lipinski definition) is 0. The lowest BCUT2D eigenvalue weighted by Crippen LogP contribution is -2.10. The number of hydrogen-bond donors (Lipinski definition) is 0. The van der Waals surface area contributed by atoms with Crippen LogP contribution in [0.3, 0.4) is 0 Å². The van der Waals surface area contributed by atoms with Gasteiger partial charge in [0, 0.05) is 0 Å². The highest BCUT2D eigenvalue weighted by Gasteiger charge is 2.16. The smallest absolute Gasteiger partial charge is 0.0129 e. The molecular formula is C13H22. The topological polar surface area (TPSA) is 0 Å². The van der Waals surface area contributed by atoms with Crippen LogP contribution < -0.4 is 0 Å². The normalized spacial score (nSPS) is 15.5. The minimum atomic E-state index is 0.232. The van der Waals surface area contributed by atoms with E-state index in [4.69, 9.17) is 0 Å². The first kappa shape index (κ1) is 12.2. The summed E-state index contributed by atoms with van der Waals surface area (Å²) in [5.41, 5.74) is 3.01. The average molecular weight is 178 g/mol. The van der Waals surface area contributed by atoms with Crippen molar-refractivity contribution in [1.82, 2.24) is 0 Å². The van der Waals surface area contributed by atoms with Gasteiger partial charge in [-0.2, -0.15) is 0 Å². The van der Waals surface area contributed by atoms with Gasteiger partial charge in [0.05, 0.1) is 0 Å². The summed E-state index contributed by atoms with van der Waals surface area (Å²) in [7, 11) is 0. The summed E-state index contributed by atoms with van der Waals surface area (Å²) in [4.78, 5) is 0. The van der Waals surface area contributed by atoms with Crippen molar-refractivity contribution in [3.8, 4) is 0 Å². The molecule has 0 nitrogen and oxygen atoms in total. The molecule has 0 aliphatic carbocycles. The molecule has 0 fully saturated rings. The molecule has 0 radical (unpaired) electrons. The minimum Gasteiger partial charge on any atom is -0.0877 e. The van der Waals surface area contributed by atoms with Crippen LogP contribution in [0.1, 0.15) is 41.5 Å². The Morgan fingerprint density at radius 3 is 1.92 bits per heavy atom. The van der Waals surface area contributed by atoms with Gasteiger partial charge in [-0.05, 0) is 31.8 Å². The van der Waals surface area contributed by atoms with Gasteiger partial charge in [0.1, 0.15) is 0 Å². The van der Waals surface area contributed by atoms with Crippen LogP contribution in [0.4, 0.5) is 0 Å². The van der Waals surface area contributed by atoms with Crippen LogP contribution in [0.25, 0.3) is 0 Å².